The lowest BCUT2D eigenvalue weighted by Crippen LogP contribution is -2.55. The standard InChI is InChI=1S/C26H22F4N6O3.C19H17F4N5O.HI/c1-16-13-34(10-11-35(16)25(38)39-15-19-4-2-3-9-31-19)24(37)22-14-36-23(32-22)20(26(28,29)30)12-21(33-36)17-5-7-18(27)8-6-17;1-11-9-27(7-6-24-11)18(29)16-10-28-17(25-16)14(19(21,22)23)8-15(26-28)12-2-4-13(20)5-3-12;/h2-9,12,14,16H,10-11,13,15H2,1H3;2-5,8,10-11,24H,6-7,9H2,1H3;1H/t16-;11-;/m00./s1. The molecule has 2 aliphatic heterocycles. The second-order valence-corrected chi connectivity index (χ2v) is 16.0. The van der Waals surface area contributed by atoms with Crippen LogP contribution in [0.5, 0.6) is 0 Å². The summed E-state index contributed by atoms with van der Waals surface area (Å²) >= 11 is 0. The predicted octanol–water partition coefficient (Wildman–Crippen LogP) is 8.04. The van der Waals surface area contributed by atoms with Crippen molar-refractivity contribution in [3.05, 3.63) is 137 Å². The number of nitrogens with one attached hydrogen (secondary N) is 1. The first kappa shape index (κ1) is 50.1. The summed E-state index contributed by atoms with van der Waals surface area (Å²) in [4.78, 5) is 55.0. The number of alkyl halides is 6. The van der Waals surface area contributed by atoms with E-state index in [9.17, 15) is 49.5 Å². The SMILES string of the molecule is C[C@H]1CN(C(=O)c2cn3nc(-c4ccc(F)cc4)cc(C(F)(F)F)c3n2)CCN1.C[C@H]1CN(C(=O)c2cn3nc(-c4ccc(F)cc4)cc(C(F)(F)F)c3n2)CCN1C(=O)OCc1ccccn1.I. The van der Waals surface area contributed by atoms with Gasteiger partial charge in [-0.3, -0.25) is 14.6 Å². The van der Waals surface area contributed by atoms with Crippen LogP contribution in [0.3, 0.4) is 0 Å². The van der Waals surface area contributed by atoms with Crippen molar-refractivity contribution in [2.24, 2.45) is 0 Å². The summed E-state index contributed by atoms with van der Waals surface area (Å²) in [6.45, 7) is 5.57. The number of hydrogen-bond acceptors (Lipinski definition) is 10. The Labute approximate surface area is 404 Å². The maximum atomic E-state index is 13.9. The number of carbonyl (C=O) groups excluding carboxylic acids is 3. The number of hydrogen-bond donors (Lipinski definition) is 1. The molecule has 0 unspecified atom stereocenters. The molecule has 69 heavy (non-hydrogen) atoms. The Bertz CT molecular complexity index is 2970. The van der Waals surface area contributed by atoms with E-state index in [1.165, 1.54) is 40.3 Å². The summed E-state index contributed by atoms with van der Waals surface area (Å²) in [5.74, 6) is -2.08. The maximum absolute atomic E-state index is 13.9. The van der Waals surface area contributed by atoms with E-state index in [0.29, 0.717) is 30.9 Å². The van der Waals surface area contributed by atoms with Crippen molar-refractivity contribution >= 4 is 53.2 Å². The molecule has 2 aromatic carbocycles. The van der Waals surface area contributed by atoms with Gasteiger partial charge in [-0.2, -0.15) is 36.5 Å². The highest BCUT2D eigenvalue weighted by atomic mass is 127. The molecule has 15 nitrogen and oxygen atoms in total. The van der Waals surface area contributed by atoms with Crippen molar-refractivity contribution < 1.29 is 54.2 Å². The van der Waals surface area contributed by atoms with Gasteiger partial charge in [0.15, 0.2) is 11.3 Å². The lowest BCUT2D eigenvalue weighted by atomic mass is 10.1. The van der Waals surface area contributed by atoms with E-state index in [-0.39, 0.29) is 84.6 Å². The van der Waals surface area contributed by atoms with Gasteiger partial charge in [-0.1, -0.05) is 6.07 Å². The minimum Gasteiger partial charge on any atom is -0.443 e. The molecule has 0 radical (unpaired) electrons. The van der Waals surface area contributed by atoms with Gasteiger partial charge in [-0.05, 0) is 86.6 Å². The molecule has 362 valence electrons. The second-order valence-electron chi connectivity index (χ2n) is 16.0. The number of piperazine rings is 2. The van der Waals surface area contributed by atoms with Gasteiger partial charge in [0.1, 0.15) is 40.8 Å². The first-order chi connectivity index (χ1) is 32.3. The Morgan fingerprint density at radius 3 is 1.65 bits per heavy atom. The summed E-state index contributed by atoms with van der Waals surface area (Å²) in [6, 6.07) is 16.4. The summed E-state index contributed by atoms with van der Waals surface area (Å²) in [5.41, 5.74) is -2.28. The quantitative estimate of drug-likeness (QED) is 0.128. The average molecular weight is 1080 g/mol. The third-order valence-electron chi connectivity index (χ3n) is 11.1. The fourth-order valence-corrected chi connectivity index (χ4v) is 7.66. The molecule has 2 saturated heterocycles. The molecule has 0 aliphatic carbocycles. The van der Waals surface area contributed by atoms with Gasteiger partial charge >= 0.3 is 18.4 Å². The predicted molar refractivity (Wildman–Crippen MR) is 242 cm³/mol. The van der Waals surface area contributed by atoms with Crippen molar-refractivity contribution in [1.82, 2.24) is 54.2 Å². The smallest absolute Gasteiger partial charge is 0.420 e. The average Bonchev–Trinajstić information content (AvgIpc) is 3.95. The van der Waals surface area contributed by atoms with Crippen LogP contribution in [-0.2, 0) is 23.7 Å². The molecule has 7 aromatic rings. The fraction of sp³-hybridized carbons (Fsp3) is 0.289. The van der Waals surface area contributed by atoms with Crippen molar-refractivity contribution in [3.8, 4) is 22.5 Å². The number of carbonyl (C=O) groups is 3. The Morgan fingerprint density at radius 2 is 1.20 bits per heavy atom. The van der Waals surface area contributed by atoms with E-state index in [1.807, 2.05) is 6.92 Å². The fourth-order valence-electron chi connectivity index (χ4n) is 7.66. The number of nitrogens with zero attached hydrogens (tertiary/aromatic N) is 10. The molecule has 9 rings (SSSR count). The molecule has 0 spiro atoms. The van der Waals surface area contributed by atoms with Crippen LogP contribution in [-0.4, -0.2) is 118 Å². The number of halogens is 9. The summed E-state index contributed by atoms with van der Waals surface area (Å²) < 4.78 is 116. The van der Waals surface area contributed by atoms with Crippen LogP contribution in [0.4, 0.5) is 39.9 Å². The Morgan fingerprint density at radius 1 is 0.696 bits per heavy atom. The lowest BCUT2D eigenvalue weighted by molar-refractivity contribution is -0.137. The van der Waals surface area contributed by atoms with Crippen LogP contribution in [0.1, 0.15) is 51.6 Å². The number of imidazole rings is 2. The molecule has 24 heteroatoms. The van der Waals surface area contributed by atoms with Gasteiger partial charge in [0, 0.05) is 68.7 Å². The van der Waals surface area contributed by atoms with Crippen LogP contribution < -0.4 is 5.32 Å². The normalized spacial score (nSPS) is 16.5. The van der Waals surface area contributed by atoms with Crippen molar-refractivity contribution in [2.75, 3.05) is 39.3 Å². The van der Waals surface area contributed by atoms with Gasteiger partial charge in [0.2, 0.25) is 0 Å². The molecule has 2 aliphatic rings. The number of fused-ring (bicyclic) bond motifs is 2. The van der Waals surface area contributed by atoms with E-state index in [1.54, 1.807) is 36.2 Å². The number of amides is 3. The molecule has 0 bridgehead atoms. The van der Waals surface area contributed by atoms with E-state index in [4.69, 9.17) is 4.74 Å². The zero-order valence-corrected chi connectivity index (χ0v) is 38.7. The lowest BCUT2D eigenvalue weighted by Gasteiger charge is -2.38. The summed E-state index contributed by atoms with van der Waals surface area (Å²) in [7, 11) is 0. The zero-order valence-electron chi connectivity index (χ0n) is 36.4. The summed E-state index contributed by atoms with van der Waals surface area (Å²) in [6.07, 6.45) is -6.11. The van der Waals surface area contributed by atoms with Crippen molar-refractivity contribution in [1.29, 1.82) is 0 Å². The minimum atomic E-state index is -4.78. The van der Waals surface area contributed by atoms with Crippen LogP contribution in [0.15, 0.2) is 97.5 Å². The molecule has 0 saturated carbocycles. The Balaban J connectivity index is 0.000000209. The third-order valence-corrected chi connectivity index (χ3v) is 11.1. The van der Waals surface area contributed by atoms with Crippen LogP contribution in [0.2, 0.25) is 0 Å². The highest BCUT2D eigenvalue weighted by Gasteiger charge is 2.38. The largest absolute Gasteiger partial charge is 0.443 e. The second kappa shape index (κ2) is 20.4. The maximum Gasteiger partial charge on any atom is 0.420 e. The van der Waals surface area contributed by atoms with Crippen LogP contribution >= 0.6 is 24.0 Å². The Kier molecular flexibility index (Phi) is 14.8. The number of aromatic nitrogens is 7. The number of ether oxygens (including phenoxy) is 1. The monoisotopic (exact) mass is 1080 g/mol. The van der Waals surface area contributed by atoms with Gasteiger partial charge in [-0.25, -0.2) is 32.6 Å². The van der Waals surface area contributed by atoms with Crippen LogP contribution in [0.25, 0.3) is 33.8 Å². The van der Waals surface area contributed by atoms with Crippen molar-refractivity contribution in [3.63, 3.8) is 0 Å². The minimum absolute atomic E-state index is 0. The molecule has 2 fully saturated rings. The molecule has 2 atom stereocenters. The Hall–Kier alpha value is -6.83. The van der Waals surface area contributed by atoms with Gasteiger partial charge in [0.05, 0.1) is 29.5 Å². The third kappa shape index (κ3) is 11.4. The first-order valence-electron chi connectivity index (χ1n) is 20.9. The number of rotatable bonds is 6. The van der Waals surface area contributed by atoms with E-state index in [2.05, 4.69) is 30.5 Å². The molecular formula is C45H40F8IN11O4. The molecular weight excluding hydrogens is 1040 g/mol. The molecule has 1 N–H and O–H groups in total. The van der Waals surface area contributed by atoms with E-state index in [0.717, 1.165) is 51.6 Å². The van der Waals surface area contributed by atoms with E-state index < -0.39 is 70.4 Å². The topological polar surface area (TPSA) is 155 Å². The summed E-state index contributed by atoms with van der Waals surface area (Å²) in [5, 5.41) is 11.5. The van der Waals surface area contributed by atoms with Crippen LogP contribution in [0, 0.1) is 11.6 Å². The molecule has 3 amide bonds. The first-order valence-corrected chi connectivity index (χ1v) is 20.9. The van der Waals surface area contributed by atoms with Crippen molar-refractivity contribution in [2.45, 2.75) is 44.9 Å². The highest BCUT2D eigenvalue weighted by molar-refractivity contribution is 14.0. The molecule has 7 heterocycles. The zero-order chi connectivity index (χ0) is 48.5. The highest BCUT2D eigenvalue weighted by Crippen LogP contribution is 2.36. The van der Waals surface area contributed by atoms with E-state index >= 15 is 0 Å². The number of pyridine rings is 1. The molecule has 5 aromatic heterocycles. The van der Waals surface area contributed by atoms with Gasteiger partial charge in [-0.15, -0.1) is 24.0 Å². The van der Waals surface area contributed by atoms with Gasteiger partial charge < -0.3 is 24.8 Å². The van der Waals surface area contributed by atoms with Gasteiger partial charge in [0.25, 0.3) is 11.8 Å². The number of benzene rings is 2.